The summed E-state index contributed by atoms with van der Waals surface area (Å²) in [5.74, 6) is 0. The lowest BCUT2D eigenvalue weighted by molar-refractivity contribution is -0.249. The molecule has 6 heteroatoms. The normalized spacial score (nSPS) is 12.5. The van der Waals surface area contributed by atoms with E-state index < -0.39 is 16.1 Å². The lowest BCUT2D eigenvalue weighted by Gasteiger charge is -2.10. The molecule has 0 aliphatic heterocycles. The van der Waals surface area contributed by atoms with Gasteiger partial charge in [-0.3, -0.25) is 0 Å². The van der Waals surface area contributed by atoms with E-state index >= 15 is 0 Å². The number of benzene rings is 1. The summed E-state index contributed by atoms with van der Waals surface area (Å²) in [7, 11) is -3.95. The van der Waals surface area contributed by atoms with Crippen LogP contribution in [0.3, 0.4) is 0 Å². The summed E-state index contributed by atoms with van der Waals surface area (Å²) < 4.78 is 30.6. The van der Waals surface area contributed by atoms with E-state index in [9.17, 15) is 13.5 Å². The highest BCUT2D eigenvalue weighted by Crippen LogP contribution is 2.12. The van der Waals surface area contributed by atoms with E-state index in [1.807, 2.05) is 6.92 Å². The van der Waals surface area contributed by atoms with Gasteiger partial charge < -0.3 is 9.84 Å². The molecule has 0 spiro atoms. The van der Waals surface area contributed by atoms with Gasteiger partial charge in [-0.15, -0.1) is 4.40 Å². The zero-order valence-corrected chi connectivity index (χ0v) is 9.82. The smallest absolute Gasteiger partial charge is 0.284 e. The van der Waals surface area contributed by atoms with Crippen molar-refractivity contribution in [1.29, 1.82) is 0 Å². The van der Waals surface area contributed by atoms with Crippen molar-refractivity contribution in [2.45, 2.75) is 18.7 Å². The van der Waals surface area contributed by atoms with E-state index in [-0.39, 0.29) is 11.5 Å². The summed E-state index contributed by atoms with van der Waals surface area (Å²) in [4.78, 5) is -0.0221. The summed E-state index contributed by atoms with van der Waals surface area (Å²) in [5, 5.41) is 10.9. The Balaban J connectivity index is 3.03. The van der Waals surface area contributed by atoms with Crippen LogP contribution in [0.25, 0.3) is 0 Å². The molecule has 0 saturated heterocycles. The molecule has 16 heavy (non-hydrogen) atoms. The fraction of sp³-hybridized carbons (Fsp3) is 0.300. The van der Waals surface area contributed by atoms with Gasteiger partial charge in [-0.2, -0.15) is 8.42 Å². The highest BCUT2D eigenvalue weighted by atomic mass is 32.2. The minimum absolute atomic E-state index is 0.0221. The summed E-state index contributed by atoms with van der Waals surface area (Å²) in [6.45, 7) is 3.50. The van der Waals surface area contributed by atoms with Crippen LogP contribution >= 0.6 is 0 Å². The monoisotopic (exact) mass is 242 g/mol. The van der Waals surface area contributed by atoms with Gasteiger partial charge in [0.2, 0.25) is 0 Å². The van der Waals surface area contributed by atoms with Crippen molar-refractivity contribution >= 4 is 16.1 Å². The molecular weight excluding hydrogens is 230 g/mol. The predicted molar refractivity (Wildman–Crippen MR) is 57.4 cm³/mol. The molecule has 1 aromatic rings. The predicted octanol–water partition coefficient (Wildman–Crippen LogP) is 0.437. The zero-order chi connectivity index (χ0) is 12.2. The van der Waals surface area contributed by atoms with E-state index in [1.54, 1.807) is 19.1 Å². The van der Waals surface area contributed by atoms with Gasteiger partial charge in [0.25, 0.3) is 10.0 Å². The topological polar surface area (TPSA) is 78.8 Å². The largest absolute Gasteiger partial charge is 0.600 e. The van der Waals surface area contributed by atoms with Gasteiger partial charge in [-0.1, -0.05) is 24.6 Å². The summed E-state index contributed by atoms with van der Waals surface area (Å²) in [5.41, 5.74) is 0.926. The Morgan fingerprint density at radius 3 is 2.44 bits per heavy atom. The molecule has 0 radical (unpaired) electrons. The maximum atomic E-state index is 11.6. The number of aryl methyl sites for hydroxylation is 1. The lowest BCUT2D eigenvalue weighted by Crippen LogP contribution is -2.22. The fourth-order valence-electron chi connectivity index (χ4n) is 1.01. The first-order valence-electron chi connectivity index (χ1n) is 4.67. The Bertz CT molecular complexity index is 476. The number of ether oxygens (including phenoxy) is 1. The Labute approximate surface area is 94.5 Å². The number of nitrogens with zero attached hydrogens (tertiary/aromatic N) is 1. The van der Waals surface area contributed by atoms with Crippen LogP contribution in [0.5, 0.6) is 0 Å². The summed E-state index contributed by atoms with van der Waals surface area (Å²) in [6, 6.07) is 6.06. The van der Waals surface area contributed by atoms with Crippen molar-refractivity contribution < 1.29 is 18.3 Å². The quantitative estimate of drug-likeness (QED) is 0.569. The van der Waals surface area contributed by atoms with Crippen LogP contribution < -0.4 is 5.11 Å². The van der Waals surface area contributed by atoms with Gasteiger partial charge in [0.1, 0.15) is 0 Å². The second kappa shape index (κ2) is 4.98. The Morgan fingerprint density at radius 1 is 1.38 bits per heavy atom. The van der Waals surface area contributed by atoms with Crippen LogP contribution in [0.1, 0.15) is 12.5 Å². The Morgan fingerprint density at radius 2 is 1.94 bits per heavy atom. The molecule has 0 unspecified atom stereocenters. The van der Waals surface area contributed by atoms with Gasteiger partial charge in [0, 0.05) is 0 Å². The van der Waals surface area contributed by atoms with Crippen molar-refractivity contribution in [3.05, 3.63) is 29.8 Å². The van der Waals surface area contributed by atoms with Gasteiger partial charge in [-0.25, -0.2) is 0 Å². The molecule has 0 aliphatic carbocycles. The van der Waals surface area contributed by atoms with E-state index in [4.69, 9.17) is 0 Å². The summed E-state index contributed by atoms with van der Waals surface area (Å²) >= 11 is 0. The number of rotatable bonds is 3. The van der Waals surface area contributed by atoms with Crippen LogP contribution in [-0.2, 0) is 14.8 Å². The van der Waals surface area contributed by atoms with E-state index in [0.29, 0.717) is 0 Å². The maximum Gasteiger partial charge on any atom is 0.284 e. The average molecular weight is 242 g/mol. The molecule has 0 N–H and O–H groups in total. The second-order valence-corrected chi connectivity index (χ2v) is 4.68. The molecule has 0 fully saturated rings. The van der Waals surface area contributed by atoms with Crippen molar-refractivity contribution in [2.75, 3.05) is 6.61 Å². The van der Waals surface area contributed by atoms with Crippen LogP contribution in [0, 0.1) is 6.92 Å². The van der Waals surface area contributed by atoms with Crippen molar-refractivity contribution in [3.8, 4) is 0 Å². The molecule has 0 aliphatic rings. The average Bonchev–Trinajstić information content (AvgIpc) is 2.17. The second-order valence-electron chi connectivity index (χ2n) is 3.08. The third kappa shape index (κ3) is 3.23. The molecule has 0 atom stereocenters. The Kier molecular flexibility index (Phi) is 3.89. The third-order valence-electron chi connectivity index (χ3n) is 1.78. The number of sulfonamides is 1. The molecule has 1 aromatic carbocycles. The molecule has 0 heterocycles. The van der Waals surface area contributed by atoms with Gasteiger partial charge in [-0.05, 0) is 25.7 Å². The van der Waals surface area contributed by atoms with Gasteiger partial charge in [0.15, 0.2) is 6.08 Å². The van der Waals surface area contributed by atoms with Crippen LogP contribution in [-0.4, -0.2) is 21.1 Å². The van der Waals surface area contributed by atoms with Crippen molar-refractivity contribution in [2.24, 2.45) is 4.40 Å². The van der Waals surface area contributed by atoms with Gasteiger partial charge >= 0.3 is 0 Å². The number of hydrogen-bond donors (Lipinski definition) is 0. The first kappa shape index (κ1) is 12.5. The zero-order valence-electron chi connectivity index (χ0n) is 9.00. The molecule has 1 rings (SSSR count). The highest BCUT2D eigenvalue weighted by molar-refractivity contribution is 7.90. The first-order chi connectivity index (χ1) is 7.45. The molecule has 0 bridgehead atoms. The third-order valence-corrected chi connectivity index (χ3v) is 3.04. The van der Waals surface area contributed by atoms with E-state index in [1.165, 1.54) is 12.1 Å². The summed E-state index contributed by atoms with van der Waals surface area (Å²) in [6.07, 6.45) is -1.09. The number of hydrogen-bond acceptors (Lipinski definition) is 4. The van der Waals surface area contributed by atoms with E-state index in [2.05, 4.69) is 9.13 Å². The van der Waals surface area contributed by atoms with Crippen LogP contribution in [0.4, 0.5) is 0 Å². The van der Waals surface area contributed by atoms with E-state index in [0.717, 1.165) is 5.56 Å². The van der Waals surface area contributed by atoms with Crippen molar-refractivity contribution in [1.82, 2.24) is 0 Å². The molecule has 5 nitrogen and oxygen atoms in total. The van der Waals surface area contributed by atoms with Crippen molar-refractivity contribution in [3.63, 3.8) is 0 Å². The fourth-order valence-corrected chi connectivity index (χ4v) is 1.85. The van der Waals surface area contributed by atoms with Crippen LogP contribution in [0.2, 0.25) is 0 Å². The Hall–Kier alpha value is -1.56. The molecule has 0 amide bonds. The highest BCUT2D eigenvalue weighted by Gasteiger charge is 2.11. The maximum absolute atomic E-state index is 11.6. The minimum Gasteiger partial charge on any atom is -0.600 e. The lowest BCUT2D eigenvalue weighted by atomic mass is 10.2. The molecular formula is C10H12NO4S-. The minimum atomic E-state index is -3.95. The molecule has 0 saturated carbocycles. The van der Waals surface area contributed by atoms with Crippen LogP contribution in [0.15, 0.2) is 33.6 Å². The first-order valence-corrected chi connectivity index (χ1v) is 6.11. The molecule has 88 valence electrons. The standard InChI is InChI=1S/C10H13NO4S/c1-3-15-10(12)11-16(13,14)9-6-4-8(2)5-7-9/h4-7H,3H2,1-2H3,(H,11,12)/p-1. The SMILES string of the molecule is CCO/C([O-])=N/S(=O)(=O)c1ccc(C)cc1. The molecule has 0 aromatic heterocycles. The van der Waals surface area contributed by atoms with Gasteiger partial charge in [0.05, 0.1) is 4.90 Å².